The van der Waals surface area contributed by atoms with Crippen molar-refractivity contribution in [1.82, 2.24) is 4.90 Å². The second-order valence-electron chi connectivity index (χ2n) is 5.26. The smallest absolute Gasteiger partial charge is 0.269 e. The van der Waals surface area contributed by atoms with E-state index in [0.717, 1.165) is 16.9 Å². The number of hydrogen-bond acceptors (Lipinski definition) is 4. The summed E-state index contributed by atoms with van der Waals surface area (Å²) in [6.07, 6.45) is 0. The van der Waals surface area contributed by atoms with Gasteiger partial charge in [0.15, 0.2) is 0 Å². The zero-order chi connectivity index (χ0) is 16.1. The van der Waals surface area contributed by atoms with Crippen molar-refractivity contribution in [2.75, 3.05) is 14.2 Å². The number of benzene rings is 2. The molecule has 0 radical (unpaired) electrons. The number of nitro groups is 1. The highest BCUT2D eigenvalue weighted by Crippen LogP contribution is 2.29. The van der Waals surface area contributed by atoms with Crippen LogP contribution < -0.4 is 4.74 Å². The van der Waals surface area contributed by atoms with Crippen molar-refractivity contribution in [2.45, 2.75) is 19.5 Å². The normalized spacial score (nSPS) is 12.2. The van der Waals surface area contributed by atoms with E-state index in [4.69, 9.17) is 4.74 Å². The van der Waals surface area contributed by atoms with Crippen molar-refractivity contribution >= 4 is 5.69 Å². The minimum Gasteiger partial charge on any atom is -0.496 e. The lowest BCUT2D eigenvalue weighted by Gasteiger charge is -2.26. The van der Waals surface area contributed by atoms with Crippen LogP contribution in [0.3, 0.4) is 0 Å². The Kier molecular flexibility index (Phi) is 5.12. The van der Waals surface area contributed by atoms with Gasteiger partial charge < -0.3 is 4.74 Å². The van der Waals surface area contributed by atoms with E-state index in [2.05, 4.69) is 17.9 Å². The second-order valence-corrected chi connectivity index (χ2v) is 5.26. The van der Waals surface area contributed by atoms with Gasteiger partial charge in [-0.05, 0) is 25.6 Å². The van der Waals surface area contributed by atoms with Gasteiger partial charge in [-0.3, -0.25) is 15.0 Å². The Morgan fingerprint density at radius 3 is 2.41 bits per heavy atom. The summed E-state index contributed by atoms with van der Waals surface area (Å²) >= 11 is 0. The van der Waals surface area contributed by atoms with Gasteiger partial charge in [0.1, 0.15) is 5.75 Å². The van der Waals surface area contributed by atoms with E-state index < -0.39 is 0 Å². The Bertz CT molecular complexity index is 641. The van der Waals surface area contributed by atoms with Gasteiger partial charge >= 0.3 is 0 Å². The molecule has 0 spiro atoms. The van der Waals surface area contributed by atoms with E-state index in [0.29, 0.717) is 6.54 Å². The molecule has 0 saturated heterocycles. The van der Waals surface area contributed by atoms with Crippen molar-refractivity contribution < 1.29 is 9.66 Å². The summed E-state index contributed by atoms with van der Waals surface area (Å²) in [6, 6.07) is 14.8. The average molecular weight is 300 g/mol. The first-order chi connectivity index (χ1) is 10.5. The predicted octanol–water partition coefficient (Wildman–Crippen LogP) is 3.80. The van der Waals surface area contributed by atoms with Crippen LogP contribution in [0.1, 0.15) is 24.1 Å². The first-order valence-electron chi connectivity index (χ1n) is 7.09. The van der Waals surface area contributed by atoms with Crippen molar-refractivity contribution in [3.8, 4) is 5.75 Å². The molecule has 0 aliphatic rings. The molecule has 0 aromatic heterocycles. The maximum Gasteiger partial charge on any atom is 0.269 e. The van der Waals surface area contributed by atoms with Crippen LogP contribution in [0.15, 0.2) is 48.5 Å². The van der Waals surface area contributed by atoms with Gasteiger partial charge in [-0.2, -0.15) is 0 Å². The molecule has 116 valence electrons. The molecule has 5 heteroatoms. The molecule has 22 heavy (non-hydrogen) atoms. The van der Waals surface area contributed by atoms with Gasteiger partial charge in [0.25, 0.3) is 5.69 Å². The third-order valence-electron chi connectivity index (χ3n) is 3.83. The van der Waals surface area contributed by atoms with Gasteiger partial charge in [-0.25, -0.2) is 0 Å². The van der Waals surface area contributed by atoms with Crippen LogP contribution >= 0.6 is 0 Å². The minimum absolute atomic E-state index is 0.115. The molecule has 1 atom stereocenters. The zero-order valence-corrected chi connectivity index (χ0v) is 13.0. The summed E-state index contributed by atoms with van der Waals surface area (Å²) in [5.41, 5.74) is 2.27. The van der Waals surface area contributed by atoms with Gasteiger partial charge in [0, 0.05) is 30.3 Å². The Balaban J connectivity index is 2.10. The summed E-state index contributed by atoms with van der Waals surface area (Å²) in [6.45, 7) is 2.82. The monoisotopic (exact) mass is 300 g/mol. The number of nitrogens with zero attached hydrogens (tertiary/aromatic N) is 2. The van der Waals surface area contributed by atoms with Crippen LogP contribution in [0, 0.1) is 10.1 Å². The highest BCUT2D eigenvalue weighted by atomic mass is 16.6. The third-order valence-corrected chi connectivity index (χ3v) is 3.83. The van der Waals surface area contributed by atoms with Gasteiger partial charge in [-0.15, -0.1) is 0 Å². The van der Waals surface area contributed by atoms with Crippen LogP contribution in [-0.4, -0.2) is 24.0 Å². The van der Waals surface area contributed by atoms with Crippen molar-refractivity contribution in [1.29, 1.82) is 0 Å². The molecule has 0 N–H and O–H groups in total. The van der Waals surface area contributed by atoms with Crippen LogP contribution in [0.2, 0.25) is 0 Å². The van der Waals surface area contributed by atoms with E-state index in [1.54, 1.807) is 19.2 Å². The molecule has 2 aromatic carbocycles. The molecular formula is C17H20N2O3. The number of para-hydroxylation sites is 1. The molecule has 0 aliphatic heterocycles. The number of methoxy groups -OCH3 is 1. The lowest BCUT2D eigenvalue weighted by Crippen LogP contribution is -2.22. The summed E-state index contributed by atoms with van der Waals surface area (Å²) in [7, 11) is 3.69. The predicted molar refractivity (Wildman–Crippen MR) is 86.0 cm³/mol. The Morgan fingerprint density at radius 1 is 1.18 bits per heavy atom. The molecule has 0 heterocycles. The molecule has 2 rings (SSSR count). The first-order valence-corrected chi connectivity index (χ1v) is 7.09. The number of non-ortho nitro benzene ring substituents is 1. The largest absolute Gasteiger partial charge is 0.496 e. The Morgan fingerprint density at radius 2 is 1.82 bits per heavy atom. The quantitative estimate of drug-likeness (QED) is 0.601. The standard InChI is InChI=1S/C17H20N2O3/c1-13(16-6-4-5-7-17(16)22-3)18(2)12-14-8-10-15(11-9-14)19(20)21/h4-11,13H,12H2,1-3H3/t13-/m1/s1. The number of ether oxygens (including phenoxy) is 1. The van der Waals surface area contributed by atoms with Crippen LogP contribution in [-0.2, 0) is 6.54 Å². The fraction of sp³-hybridized carbons (Fsp3) is 0.294. The molecule has 5 nitrogen and oxygen atoms in total. The number of hydrogen-bond donors (Lipinski definition) is 0. The molecule has 2 aromatic rings. The van der Waals surface area contributed by atoms with Crippen LogP contribution in [0.4, 0.5) is 5.69 Å². The molecule has 0 aliphatic carbocycles. The highest BCUT2D eigenvalue weighted by molar-refractivity contribution is 5.36. The molecule has 0 saturated carbocycles. The Labute approximate surface area is 130 Å². The van der Waals surface area contributed by atoms with E-state index >= 15 is 0 Å². The molecular weight excluding hydrogens is 280 g/mol. The second kappa shape index (κ2) is 7.04. The van der Waals surface area contributed by atoms with E-state index in [9.17, 15) is 10.1 Å². The van der Waals surface area contributed by atoms with E-state index in [-0.39, 0.29) is 16.7 Å². The van der Waals surface area contributed by atoms with Crippen molar-refractivity contribution in [2.24, 2.45) is 0 Å². The molecule has 0 amide bonds. The topological polar surface area (TPSA) is 55.6 Å². The van der Waals surface area contributed by atoms with Gasteiger partial charge in [0.2, 0.25) is 0 Å². The minimum atomic E-state index is -0.384. The highest BCUT2D eigenvalue weighted by Gasteiger charge is 2.16. The fourth-order valence-electron chi connectivity index (χ4n) is 2.40. The van der Waals surface area contributed by atoms with Crippen molar-refractivity contribution in [3.63, 3.8) is 0 Å². The van der Waals surface area contributed by atoms with Crippen LogP contribution in [0.25, 0.3) is 0 Å². The third kappa shape index (κ3) is 3.62. The van der Waals surface area contributed by atoms with E-state index in [1.165, 1.54) is 12.1 Å². The maximum atomic E-state index is 10.7. The first kappa shape index (κ1) is 16.0. The summed E-state index contributed by atoms with van der Waals surface area (Å²) in [5.74, 6) is 0.866. The molecule has 0 fully saturated rings. The summed E-state index contributed by atoms with van der Waals surface area (Å²) < 4.78 is 5.41. The van der Waals surface area contributed by atoms with E-state index in [1.807, 2.05) is 25.2 Å². The Hall–Kier alpha value is -2.40. The lowest BCUT2D eigenvalue weighted by molar-refractivity contribution is -0.384. The average Bonchev–Trinajstić information content (AvgIpc) is 2.54. The zero-order valence-electron chi connectivity index (χ0n) is 13.0. The molecule has 0 bridgehead atoms. The van der Waals surface area contributed by atoms with Crippen LogP contribution in [0.5, 0.6) is 5.75 Å². The lowest BCUT2D eigenvalue weighted by atomic mass is 10.1. The summed E-state index contributed by atoms with van der Waals surface area (Å²) in [5, 5.41) is 10.7. The van der Waals surface area contributed by atoms with Crippen molar-refractivity contribution in [3.05, 3.63) is 69.8 Å². The number of nitro benzene ring substituents is 1. The maximum absolute atomic E-state index is 10.7. The SMILES string of the molecule is COc1ccccc1[C@@H](C)N(C)Cc1ccc([N+](=O)[O-])cc1. The number of rotatable bonds is 6. The fourth-order valence-corrected chi connectivity index (χ4v) is 2.40. The van der Waals surface area contributed by atoms with Gasteiger partial charge in [-0.1, -0.05) is 30.3 Å². The van der Waals surface area contributed by atoms with Gasteiger partial charge in [0.05, 0.1) is 12.0 Å². The molecule has 0 unspecified atom stereocenters. The summed E-state index contributed by atoms with van der Waals surface area (Å²) in [4.78, 5) is 12.5.